The first-order chi connectivity index (χ1) is 16.9. The van der Waals surface area contributed by atoms with Gasteiger partial charge in [0.1, 0.15) is 0 Å². The van der Waals surface area contributed by atoms with Gasteiger partial charge < -0.3 is 26.6 Å². The van der Waals surface area contributed by atoms with Crippen molar-refractivity contribution in [3.05, 3.63) is 12.2 Å². The lowest BCUT2D eigenvalue weighted by atomic mass is 10.3. The molecule has 0 aliphatic heterocycles. The lowest BCUT2D eigenvalue weighted by Crippen LogP contribution is -2.61. The van der Waals surface area contributed by atoms with Crippen molar-refractivity contribution >= 4 is 51.7 Å². The molecule has 0 spiro atoms. The van der Waals surface area contributed by atoms with Crippen LogP contribution in [-0.4, -0.2) is 72.5 Å². The van der Waals surface area contributed by atoms with Gasteiger partial charge >= 0.3 is 26.7 Å². The summed E-state index contributed by atoms with van der Waals surface area (Å²) >= 11 is 0. The van der Waals surface area contributed by atoms with E-state index < -0.39 is 39.7 Å². The van der Waals surface area contributed by atoms with Gasteiger partial charge in [-0.2, -0.15) is 0 Å². The molecule has 0 fully saturated rings. The van der Waals surface area contributed by atoms with Gasteiger partial charge in [0, 0.05) is 24.5 Å². The lowest BCUT2D eigenvalue weighted by molar-refractivity contribution is -0.141. The van der Waals surface area contributed by atoms with Crippen LogP contribution in [0.25, 0.3) is 0 Å². The van der Waals surface area contributed by atoms with Crippen molar-refractivity contribution in [2.24, 2.45) is 0 Å². The third-order valence-corrected chi connectivity index (χ3v) is 20.0. The van der Waals surface area contributed by atoms with E-state index in [0.29, 0.717) is 43.7 Å². The molecule has 0 aromatic heterocycles. The van der Waals surface area contributed by atoms with E-state index in [1.165, 1.54) is 14.2 Å². The van der Waals surface area contributed by atoms with Crippen LogP contribution in [0, 0.1) is 0 Å². The van der Waals surface area contributed by atoms with Crippen LogP contribution in [-0.2, 0) is 40.9 Å². The first kappa shape index (κ1) is 35.9. The van der Waals surface area contributed by atoms with Crippen LogP contribution in [0.5, 0.6) is 0 Å². The van der Waals surface area contributed by atoms with Crippen molar-refractivity contribution < 1.29 is 40.9 Å². The molecule has 0 heterocycles. The minimum atomic E-state index is -3.23. The number of hydrogen-bond acceptors (Lipinski definition) is 9. The van der Waals surface area contributed by atoms with Crippen LogP contribution in [0.4, 0.5) is 0 Å². The summed E-state index contributed by atoms with van der Waals surface area (Å²) in [7, 11) is -7.21. The summed E-state index contributed by atoms with van der Waals surface area (Å²) in [5.74, 6) is -0.891. The van der Waals surface area contributed by atoms with E-state index in [2.05, 4.69) is 52.4 Å². The van der Waals surface area contributed by atoms with Gasteiger partial charge in [0.25, 0.3) is 0 Å². The summed E-state index contributed by atoms with van der Waals surface area (Å²) in [6.07, 6.45) is 2.55. The number of carbonyl (C=O) groups is 3. The minimum Gasteiger partial charge on any atom is -0.469 e. The standard InChI is InChI=1S/C24H50O9Si4/c1-21(2)24(27)30-17-14-20-37(31-34(5,6)7,32-35(8,9)18-12-15-22(25)28-3)33-36(10,11)19-13-16-23(26)29-4/h1,12-20H2,2-11H3. The molecule has 0 radical (unpaired) electrons. The normalized spacial score (nSPS) is 12.7. The smallest absolute Gasteiger partial charge is 0.469 e. The highest BCUT2D eigenvalue weighted by Crippen LogP contribution is 2.33. The molecular formula is C24H50O9Si4. The van der Waals surface area contributed by atoms with E-state index in [4.69, 9.17) is 26.6 Å². The van der Waals surface area contributed by atoms with E-state index >= 15 is 0 Å². The maximum atomic E-state index is 11.9. The fourth-order valence-electron chi connectivity index (χ4n) is 3.72. The summed E-state index contributed by atoms with van der Waals surface area (Å²) in [6.45, 7) is 20.3. The zero-order chi connectivity index (χ0) is 28.9. The maximum absolute atomic E-state index is 11.9. The number of methoxy groups -OCH3 is 2. The number of carbonyl (C=O) groups excluding carboxylic acids is 3. The molecule has 0 saturated heterocycles. The molecule has 0 aliphatic carbocycles. The van der Waals surface area contributed by atoms with Crippen molar-refractivity contribution in [3.63, 3.8) is 0 Å². The second-order valence-electron chi connectivity index (χ2n) is 11.5. The fourth-order valence-corrected chi connectivity index (χ4v) is 20.5. The summed E-state index contributed by atoms with van der Waals surface area (Å²) in [6, 6.07) is 2.02. The summed E-state index contributed by atoms with van der Waals surface area (Å²) in [5, 5.41) is 0. The van der Waals surface area contributed by atoms with Crippen LogP contribution >= 0.6 is 0 Å². The summed E-state index contributed by atoms with van der Waals surface area (Å²) in [5.41, 5.74) is 0.354. The van der Waals surface area contributed by atoms with Crippen molar-refractivity contribution in [2.45, 2.75) is 103 Å². The fraction of sp³-hybridized carbons (Fsp3) is 0.792. The monoisotopic (exact) mass is 594 g/mol. The zero-order valence-corrected chi connectivity index (χ0v) is 28.7. The van der Waals surface area contributed by atoms with Crippen molar-refractivity contribution in [1.82, 2.24) is 0 Å². The molecule has 0 bridgehead atoms. The van der Waals surface area contributed by atoms with Crippen LogP contribution in [0.15, 0.2) is 12.2 Å². The third kappa shape index (κ3) is 17.2. The van der Waals surface area contributed by atoms with Gasteiger partial charge in [0.15, 0.2) is 25.0 Å². The van der Waals surface area contributed by atoms with Gasteiger partial charge in [-0.05, 0) is 84.1 Å². The number of hydrogen-bond donors (Lipinski definition) is 0. The average molecular weight is 595 g/mol. The van der Waals surface area contributed by atoms with Gasteiger partial charge in [-0.3, -0.25) is 9.59 Å². The van der Waals surface area contributed by atoms with E-state index in [9.17, 15) is 14.4 Å². The Morgan fingerprint density at radius 3 is 1.46 bits per heavy atom. The molecule has 0 rings (SSSR count). The zero-order valence-electron chi connectivity index (χ0n) is 24.7. The average Bonchev–Trinajstić information content (AvgIpc) is 2.73. The number of ether oxygens (including phenoxy) is 3. The van der Waals surface area contributed by atoms with E-state index in [0.717, 1.165) is 12.1 Å². The SMILES string of the molecule is C=C(C)C(=O)OCCC[Si](O[Si](C)(C)C)(O[Si](C)(C)CCCC(=O)OC)O[Si](C)(C)CCCC(=O)OC. The van der Waals surface area contributed by atoms with Crippen LogP contribution in [0.1, 0.15) is 39.0 Å². The van der Waals surface area contributed by atoms with Crippen molar-refractivity contribution in [3.8, 4) is 0 Å². The largest absolute Gasteiger partial charge is 0.469 e. The van der Waals surface area contributed by atoms with Crippen LogP contribution in [0.3, 0.4) is 0 Å². The maximum Gasteiger partial charge on any atom is 0.469 e. The second kappa shape index (κ2) is 16.1. The third-order valence-electron chi connectivity index (χ3n) is 5.31. The van der Waals surface area contributed by atoms with E-state index in [1.807, 2.05) is 0 Å². The number of rotatable bonds is 19. The highest BCUT2D eigenvalue weighted by atomic mass is 28.5. The van der Waals surface area contributed by atoms with E-state index in [-0.39, 0.29) is 18.5 Å². The van der Waals surface area contributed by atoms with Gasteiger partial charge in [-0.1, -0.05) is 6.58 Å². The van der Waals surface area contributed by atoms with Crippen molar-refractivity contribution in [1.29, 1.82) is 0 Å². The Morgan fingerprint density at radius 2 is 1.11 bits per heavy atom. The van der Waals surface area contributed by atoms with Crippen LogP contribution in [0.2, 0.25) is 64.0 Å². The minimum absolute atomic E-state index is 0.219. The molecule has 0 saturated carbocycles. The molecule has 0 aromatic rings. The molecule has 0 aromatic carbocycles. The Kier molecular flexibility index (Phi) is 15.6. The molecule has 0 unspecified atom stereocenters. The molecular weight excluding hydrogens is 545 g/mol. The number of esters is 3. The molecule has 37 heavy (non-hydrogen) atoms. The first-order valence-electron chi connectivity index (χ1n) is 12.9. The molecule has 0 aliphatic rings. The molecule has 9 nitrogen and oxygen atoms in total. The Bertz CT molecular complexity index is 728. The Morgan fingerprint density at radius 1 is 0.676 bits per heavy atom. The highest BCUT2D eigenvalue weighted by Gasteiger charge is 2.51. The molecule has 0 N–H and O–H groups in total. The van der Waals surface area contributed by atoms with Crippen molar-refractivity contribution in [2.75, 3.05) is 20.8 Å². The first-order valence-corrected chi connectivity index (χ1v) is 24.5. The Labute approximate surface area is 228 Å². The Hall–Kier alpha value is -1.10. The lowest BCUT2D eigenvalue weighted by Gasteiger charge is -2.44. The molecule has 216 valence electrons. The molecule has 0 amide bonds. The quantitative estimate of drug-likeness (QED) is 0.0618. The second-order valence-corrected chi connectivity index (χ2v) is 28.1. The van der Waals surface area contributed by atoms with Gasteiger partial charge in [0.05, 0.1) is 20.8 Å². The Balaban J connectivity index is 5.89. The van der Waals surface area contributed by atoms with Gasteiger partial charge in [-0.15, -0.1) is 0 Å². The predicted molar refractivity (Wildman–Crippen MR) is 155 cm³/mol. The predicted octanol–water partition coefficient (Wildman–Crippen LogP) is 5.64. The summed E-state index contributed by atoms with van der Waals surface area (Å²) < 4.78 is 35.6. The van der Waals surface area contributed by atoms with Gasteiger partial charge in [-0.25, -0.2) is 4.79 Å². The van der Waals surface area contributed by atoms with Gasteiger partial charge in [0.2, 0.25) is 0 Å². The molecule has 0 atom stereocenters. The highest BCUT2D eigenvalue weighted by molar-refractivity contribution is 6.90. The topological polar surface area (TPSA) is 107 Å². The molecule has 13 heteroatoms. The van der Waals surface area contributed by atoms with E-state index in [1.54, 1.807) is 6.92 Å². The van der Waals surface area contributed by atoms with Crippen LogP contribution < -0.4 is 0 Å². The summed E-state index contributed by atoms with van der Waals surface area (Å²) in [4.78, 5) is 35.2.